The molecule has 2 N–H and O–H groups in total. The smallest absolute Gasteiger partial charge is 0.292 e. The van der Waals surface area contributed by atoms with Crippen LogP contribution in [0.3, 0.4) is 0 Å². The van der Waals surface area contributed by atoms with Crippen LogP contribution in [0.2, 0.25) is 0 Å². The Morgan fingerprint density at radius 1 is 0.885 bits per heavy atom. The quantitative estimate of drug-likeness (QED) is 0.583. The number of nitro benzene ring substituents is 3. The second kappa shape index (κ2) is 7.21. The lowest BCUT2D eigenvalue weighted by molar-refractivity contribution is -0.393. The molecule has 0 unspecified atom stereocenters. The van der Waals surface area contributed by atoms with Crippen molar-refractivity contribution >= 4 is 28.7 Å². The fourth-order valence-corrected chi connectivity index (χ4v) is 2.09. The third-order valence-electron chi connectivity index (χ3n) is 3.36. The van der Waals surface area contributed by atoms with Crippen molar-refractivity contribution in [3.63, 3.8) is 0 Å². The number of nitro groups is 3. The van der Waals surface area contributed by atoms with Gasteiger partial charge in [-0.1, -0.05) is 0 Å². The van der Waals surface area contributed by atoms with E-state index in [1.165, 1.54) is 25.1 Å². The van der Waals surface area contributed by atoms with Crippen molar-refractivity contribution in [1.29, 1.82) is 0 Å². The third kappa shape index (κ3) is 3.87. The lowest BCUT2D eigenvalue weighted by Crippen LogP contribution is -2.29. The lowest BCUT2D eigenvalue weighted by Gasteiger charge is -2.09. The van der Waals surface area contributed by atoms with Gasteiger partial charge in [-0.2, -0.15) is 0 Å². The summed E-state index contributed by atoms with van der Waals surface area (Å²) in [6, 6.07) is 6.56. The van der Waals surface area contributed by atoms with E-state index in [4.69, 9.17) is 0 Å². The van der Waals surface area contributed by atoms with Gasteiger partial charge in [-0.05, 0) is 25.1 Å². The first-order valence-electron chi connectivity index (χ1n) is 6.95. The van der Waals surface area contributed by atoms with E-state index < -0.39 is 32.1 Å². The zero-order valence-electron chi connectivity index (χ0n) is 13.2. The van der Waals surface area contributed by atoms with Crippen LogP contribution in [-0.2, 0) is 0 Å². The largest absolute Gasteiger partial charge is 0.300 e. The summed E-state index contributed by atoms with van der Waals surface area (Å²) in [7, 11) is 0. The van der Waals surface area contributed by atoms with Gasteiger partial charge in [0, 0.05) is 23.3 Å². The molecule has 0 aliphatic rings. The normalized spacial score (nSPS) is 10.0. The molecule has 0 radical (unpaired) electrons. The van der Waals surface area contributed by atoms with Gasteiger partial charge in [-0.25, -0.2) is 0 Å². The summed E-state index contributed by atoms with van der Waals surface area (Å²) in [5, 5.41) is 32.5. The molecule has 2 aromatic carbocycles. The molecule has 0 spiro atoms. The Balaban J connectivity index is 2.19. The Kier molecular flexibility index (Phi) is 5.06. The number of non-ortho nitro benzene ring substituents is 1. The van der Waals surface area contributed by atoms with E-state index in [2.05, 4.69) is 10.9 Å². The van der Waals surface area contributed by atoms with Crippen molar-refractivity contribution in [2.75, 3.05) is 5.43 Å². The molecule has 26 heavy (non-hydrogen) atoms. The van der Waals surface area contributed by atoms with E-state index in [1.54, 1.807) is 0 Å². The molecule has 0 atom stereocenters. The molecule has 0 aliphatic heterocycles. The molecular weight excluding hydrogens is 350 g/mol. The average molecular weight is 361 g/mol. The van der Waals surface area contributed by atoms with Crippen LogP contribution in [0.5, 0.6) is 0 Å². The maximum atomic E-state index is 12.1. The van der Waals surface area contributed by atoms with Crippen molar-refractivity contribution < 1.29 is 19.6 Å². The summed E-state index contributed by atoms with van der Waals surface area (Å²) in [6.45, 7) is 1.46. The van der Waals surface area contributed by atoms with Gasteiger partial charge in [0.2, 0.25) is 0 Å². The van der Waals surface area contributed by atoms with Crippen LogP contribution in [0.25, 0.3) is 0 Å². The van der Waals surface area contributed by atoms with E-state index >= 15 is 0 Å². The Morgan fingerprint density at radius 2 is 1.54 bits per heavy atom. The first kappa shape index (κ1) is 18.3. The number of hydrazine groups is 1. The summed E-state index contributed by atoms with van der Waals surface area (Å²) in [6.07, 6.45) is 0. The summed E-state index contributed by atoms with van der Waals surface area (Å²) >= 11 is 0. The van der Waals surface area contributed by atoms with E-state index in [-0.39, 0.29) is 22.5 Å². The predicted octanol–water partition coefficient (Wildman–Crippen LogP) is 2.48. The molecule has 0 fully saturated rings. The zero-order chi connectivity index (χ0) is 19.4. The molecule has 12 heteroatoms. The Bertz CT molecular complexity index is 928. The van der Waals surface area contributed by atoms with E-state index in [9.17, 15) is 35.1 Å². The second-order valence-electron chi connectivity index (χ2n) is 5.05. The number of amides is 1. The Labute approximate surface area is 144 Å². The molecule has 12 nitrogen and oxygen atoms in total. The van der Waals surface area contributed by atoms with Crippen molar-refractivity contribution in [1.82, 2.24) is 5.43 Å². The SMILES string of the molecule is Cc1cc(C(=O)NNc2ccc([N+](=O)[O-])cc2[N+](=O)[O-])ccc1[N+](=O)[O-]. The molecule has 2 aromatic rings. The molecule has 0 aliphatic carbocycles. The Morgan fingerprint density at radius 3 is 2.08 bits per heavy atom. The van der Waals surface area contributed by atoms with Gasteiger partial charge < -0.3 is 0 Å². The van der Waals surface area contributed by atoms with Crippen molar-refractivity contribution in [2.45, 2.75) is 6.92 Å². The number of carbonyl (C=O) groups excluding carboxylic acids is 1. The molecule has 1 amide bonds. The van der Waals surface area contributed by atoms with Crippen LogP contribution in [0, 0.1) is 37.3 Å². The molecule has 0 bridgehead atoms. The minimum Gasteiger partial charge on any atom is -0.292 e. The molecule has 0 heterocycles. The van der Waals surface area contributed by atoms with E-state index in [0.29, 0.717) is 0 Å². The van der Waals surface area contributed by atoms with Crippen LogP contribution in [0.1, 0.15) is 15.9 Å². The van der Waals surface area contributed by atoms with Gasteiger partial charge in [0.15, 0.2) is 0 Å². The van der Waals surface area contributed by atoms with Gasteiger partial charge >= 0.3 is 5.69 Å². The highest BCUT2D eigenvalue weighted by Gasteiger charge is 2.20. The third-order valence-corrected chi connectivity index (χ3v) is 3.36. The first-order valence-corrected chi connectivity index (χ1v) is 6.95. The zero-order valence-corrected chi connectivity index (χ0v) is 13.2. The second-order valence-corrected chi connectivity index (χ2v) is 5.05. The molecule has 134 valence electrons. The van der Waals surface area contributed by atoms with Gasteiger partial charge in [0.25, 0.3) is 17.3 Å². The standard InChI is InChI=1S/C14H11N5O7/c1-8-6-9(2-5-12(8)18(23)24)14(20)16-15-11-4-3-10(17(21)22)7-13(11)19(25)26/h2-7,15H,1H3,(H,16,20). The lowest BCUT2D eigenvalue weighted by atomic mass is 10.1. The number of nitrogens with one attached hydrogen (secondary N) is 2. The molecular formula is C14H11N5O7. The predicted molar refractivity (Wildman–Crippen MR) is 88.7 cm³/mol. The number of carbonyl (C=O) groups is 1. The first-order chi connectivity index (χ1) is 12.2. The van der Waals surface area contributed by atoms with Gasteiger partial charge in [0.1, 0.15) is 5.69 Å². The van der Waals surface area contributed by atoms with Crippen LogP contribution < -0.4 is 10.9 Å². The minimum atomic E-state index is -0.836. The maximum absolute atomic E-state index is 12.1. The number of benzene rings is 2. The van der Waals surface area contributed by atoms with Gasteiger partial charge in [-0.3, -0.25) is 46.0 Å². The van der Waals surface area contributed by atoms with Gasteiger partial charge in [-0.15, -0.1) is 0 Å². The maximum Gasteiger partial charge on any atom is 0.300 e. The van der Waals surface area contributed by atoms with Crippen LogP contribution in [0.4, 0.5) is 22.7 Å². The fraction of sp³-hybridized carbons (Fsp3) is 0.0714. The van der Waals surface area contributed by atoms with Crippen LogP contribution in [0.15, 0.2) is 36.4 Å². The number of rotatable bonds is 6. The topological polar surface area (TPSA) is 171 Å². The highest BCUT2D eigenvalue weighted by atomic mass is 16.6. The van der Waals surface area contributed by atoms with Crippen molar-refractivity contribution in [3.05, 3.63) is 77.9 Å². The Hall–Kier alpha value is -4.09. The highest BCUT2D eigenvalue weighted by molar-refractivity contribution is 5.95. The van der Waals surface area contributed by atoms with Crippen LogP contribution in [-0.4, -0.2) is 20.7 Å². The molecule has 2 rings (SSSR count). The molecule has 0 saturated heterocycles. The number of aryl methyl sites for hydroxylation is 1. The number of hydrogen-bond acceptors (Lipinski definition) is 8. The summed E-state index contributed by atoms with van der Waals surface area (Å²) in [5.41, 5.74) is 3.49. The number of anilines is 1. The van der Waals surface area contributed by atoms with Gasteiger partial charge in [0.05, 0.1) is 20.8 Å². The monoisotopic (exact) mass is 361 g/mol. The summed E-state index contributed by atoms with van der Waals surface area (Å²) < 4.78 is 0. The van der Waals surface area contributed by atoms with Crippen molar-refractivity contribution in [2.24, 2.45) is 0 Å². The fourth-order valence-electron chi connectivity index (χ4n) is 2.09. The van der Waals surface area contributed by atoms with Crippen LogP contribution >= 0.6 is 0 Å². The summed E-state index contributed by atoms with van der Waals surface area (Å²) in [4.78, 5) is 42.4. The van der Waals surface area contributed by atoms with E-state index in [0.717, 1.165) is 18.2 Å². The van der Waals surface area contributed by atoms with E-state index in [1.807, 2.05) is 0 Å². The van der Waals surface area contributed by atoms with Crippen molar-refractivity contribution in [3.8, 4) is 0 Å². The average Bonchev–Trinajstić information content (AvgIpc) is 2.58. The molecule has 0 aromatic heterocycles. The highest BCUT2D eigenvalue weighted by Crippen LogP contribution is 2.28. The summed E-state index contributed by atoms with van der Waals surface area (Å²) in [5.74, 6) is -0.698. The minimum absolute atomic E-state index is 0.0881. The number of hydrogen-bond donors (Lipinski definition) is 2. The molecule has 0 saturated carbocycles. The number of nitrogens with zero attached hydrogens (tertiary/aromatic N) is 3.